The minimum absolute atomic E-state index is 0.320. The average molecular weight is 245 g/mol. The van der Waals surface area contributed by atoms with Crippen LogP contribution in [0.25, 0.3) is 0 Å². The number of hydrogen-bond donors (Lipinski definition) is 0. The third kappa shape index (κ3) is 2.87. The van der Waals surface area contributed by atoms with Gasteiger partial charge >= 0.3 is 12.6 Å². The van der Waals surface area contributed by atoms with Crippen LogP contribution in [0.2, 0.25) is 0 Å². The minimum Gasteiger partial charge on any atom is -0.465 e. The Balaban J connectivity index is 3.29. The second-order valence-electron chi connectivity index (χ2n) is 2.81. The molecule has 1 aromatic rings. The second kappa shape index (κ2) is 5.21. The van der Waals surface area contributed by atoms with Crippen LogP contribution in [0.4, 0.5) is 13.2 Å². The molecule has 0 aliphatic heterocycles. The first kappa shape index (κ1) is 12.8. The fourth-order valence-electron chi connectivity index (χ4n) is 1.11. The summed E-state index contributed by atoms with van der Waals surface area (Å²) >= 11 is 0. The number of benzene rings is 1. The van der Waals surface area contributed by atoms with Gasteiger partial charge in [0.15, 0.2) is 0 Å². The molecule has 0 atom stereocenters. The fourth-order valence-corrected chi connectivity index (χ4v) is 1.11. The number of rotatable bonds is 3. The molecule has 0 spiro atoms. The van der Waals surface area contributed by atoms with E-state index < -0.39 is 29.7 Å². The maximum Gasteiger partial charge on any atom is 0.387 e. The number of alkyl halides is 2. The van der Waals surface area contributed by atoms with Crippen molar-refractivity contribution in [2.45, 2.75) is 6.61 Å². The number of nitrogens with zero attached hydrogens (tertiary/aromatic N) is 1. The van der Waals surface area contributed by atoms with Crippen LogP contribution in [-0.2, 0) is 4.74 Å². The molecule has 0 aliphatic carbocycles. The molecule has 0 heterocycles. The smallest absolute Gasteiger partial charge is 0.387 e. The van der Waals surface area contributed by atoms with Crippen LogP contribution >= 0.6 is 0 Å². The first-order chi connectivity index (χ1) is 7.99. The van der Waals surface area contributed by atoms with Crippen molar-refractivity contribution in [2.24, 2.45) is 0 Å². The largest absolute Gasteiger partial charge is 0.465 e. The van der Waals surface area contributed by atoms with E-state index in [1.54, 1.807) is 0 Å². The summed E-state index contributed by atoms with van der Waals surface area (Å²) in [6.45, 7) is -3.23. The Hall–Kier alpha value is -2.23. The summed E-state index contributed by atoms with van der Waals surface area (Å²) in [6, 6.07) is 2.90. The molecule has 0 saturated heterocycles. The summed E-state index contributed by atoms with van der Waals surface area (Å²) in [5.74, 6) is -2.76. The van der Waals surface area contributed by atoms with E-state index in [2.05, 4.69) is 9.47 Å². The zero-order valence-corrected chi connectivity index (χ0v) is 8.54. The van der Waals surface area contributed by atoms with E-state index in [4.69, 9.17) is 5.26 Å². The van der Waals surface area contributed by atoms with Gasteiger partial charge in [-0.25, -0.2) is 9.18 Å². The average Bonchev–Trinajstić information content (AvgIpc) is 2.26. The monoisotopic (exact) mass is 245 g/mol. The number of esters is 1. The quantitative estimate of drug-likeness (QED) is 0.765. The lowest BCUT2D eigenvalue weighted by Gasteiger charge is -2.08. The minimum atomic E-state index is -3.23. The van der Waals surface area contributed by atoms with Gasteiger partial charge < -0.3 is 9.47 Å². The van der Waals surface area contributed by atoms with Crippen molar-refractivity contribution in [3.8, 4) is 11.8 Å². The first-order valence-corrected chi connectivity index (χ1v) is 4.26. The van der Waals surface area contributed by atoms with Crippen LogP contribution in [0, 0.1) is 17.1 Å². The van der Waals surface area contributed by atoms with E-state index in [-0.39, 0.29) is 5.56 Å². The van der Waals surface area contributed by atoms with E-state index in [1.807, 2.05) is 0 Å². The number of halogens is 3. The Kier molecular flexibility index (Phi) is 3.93. The highest BCUT2D eigenvalue weighted by Crippen LogP contribution is 2.25. The zero-order valence-electron chi connectivity index (χ0n) is 8.54. The number of ether oxygens (including phenoxy) is 2. The highest BCUT2D eigenvalue weighted by Gasteiger charge is 2.18. The Morgan fingerprint density at radius 3 is 2.59 bits per heavy atom. The molecule has 17 heavy (non-hydrogen) atoms. The van der Waals surface area contributed by atoms with Crippen LogP contribution in [0.15, 0.2) is 12.1 Å². The molecule has 0 aliphatic rings. The van der Waals surface area contributed by atoms with Crippen LogP contribution in [0.1, 0.15) is 15.9 Å². The van der Waals surface area contributed by atoms with E-state index in [1.165, 1.54) is 6.07 Å². The lowest BCUT2D eigenvalue weighted by atomic mass is 10.1. The van der Waals surface area contributed by atoms with Crippen molar-refractivity contribution in [3.05, 3.63) is 29.1 Å². The van der Waals surface area contributed by atoms with Crippen LogP contribution in [0.3, 0.4) is 0 Å². The highest BCUT2D eigenvalue weighted by atomic mass is 19.3. The van der Waals surface area contributed by atoms with Crippen LogP contribution < -0.4 is 4.74 Å². The first-order valence-electron chi connectivity index (χ1n) is 4.26. The Morgan fingerprint density at radius 2 is 2.12 bits per heavy atom. The van der Waals surface area contributed by atoms with Crippen molar-refractivity contribution in [3.63, 3.8) is 0 Å². The molecule has 7 heteroatoms. The van der Waals surface area contributed by atoms with Gasteiger partial charge in [-0.1, -0.05) is 0 Å². The molecule has 0 unspecified atom stereocenters. The predicted octanol–water partition coefficient (Wildman–Crippen LogP) is 2.09. The van der Waals surface area contributed by atoms with Gasteiger partial charge in [-0.3, -0.25) is 0 Å². The molecule has 1 rings (SSSR count). The molecule has 0 bridgehead atoms. The molecule has 0 radical (unpaired) electrons. The highest BCUT2D eigenvalue weighted by molar-refractivity contribution is 5.90. The topological polar surface area (TPSA) is 59.3 Å². The van der Waals surface area contributed by atoms with Gasteiger partial charge in [-0.2, -0.15) is 14.0 Å². The summed E-state index contributed by atoms with van der Waals surface area (Å²) in [7, 11) is 1.05. The molecular formula is C10H6F3NO3. The summed E-state index contributed by atoms with van der Waals surface area (Å²) < 4.78 is 45.6. The van der Waals surface area contributed by atoms with E-state index >= 15 is 0 Å². The Bertz CT molecular complexity index is 482. The predicted molar refractivity (Wildman–Crippen MR) is 49.1 cm³/mol. The van der Waals surface area contributed by atoms with Gasteiger partial charge in [0.25, 0.3) is 0 Å². The zero-order chi connectivity index (χ0) is 13.0. The van der Waals surface area contributed by atoms with Crippen LogP contribution in [0.5, 0.6) is 5.75 Å². The summed E-state index contributed by atoms with van der Waals surface area (Å²) in [4.78, 5) is 11.1. The standard InChI is InChI=1S/C10H6F3NO3/c1-16-9(15)5-2-7(11)6(4-14)8(3-5)17-10(12)13/h2-3,10H,1H3. The second-order valence-corrected chi connectivity index (χ2v) is 2.81. The maximum atomic E-state index is 13.3. The van der Waals surface area contributed by atoms with E-state index in [9.17, 15) is 18.0 Å². The SMILES string of the molecule is COC(=O)c1cc(F)c(C#N)c(OC(F)F)c1. The number of methoxy groups -OCH3 is 1. The van der Waals surface area contributed by atoms with Crippen molar-refractivity contribution in [1.29, 1.82) is 5.26 Å². The Labute approximate surface area is 94.2 Å². The molecular weight excluding hydrogens is 239 g/mol. The van der Waals surface area contributed by atoms with Crippen molar-refractivity contribution < 1.29 is 27.4 Å². The normalized spacial score (nSPS) is 9.88. The van der Waals surface area contributed by atoms with E-state index in [0.717, 1.165) is 13.2 Å². The molecule has 0 fully saturated rings. The lowest BCUT2D eigenvalue weighted by molar-refractivity contribution is -0.0502. The molecule has 1 aromatic carbocycles. The van der Waals surface area contributed by atoms with Gasteiger partial charge in [0, 0.05) is 0 Å². The third-order valence-corrected chi connectivity index (χ3v) is 1.80. The Morgan fingerprint density at radius 1 is 1.47 bits per heavy atom. The summed E-state index contributed by atoms with van der Waals surface area (Å²) in [5, 5.41) is 8.57. The molecule has 0 saturated carbocycles. The van der Waals surface area contributed by atoms with Gasteiger partial charge in [-0.05, 0) is 12.1 Å². The fraction of sp³-hybridized carbons (Fsp3) is 0.200. The van der Waals surface area contributed by atoms with E-state index in [0.29, 0.717) is 6.07 Å². The number of carbonyl (C=O) groups excluding carboxylic acids is 1. The van der Waals surface area contributed by atoms with Crippen molar-refractivity contribution in [1.82, 2.24) is 0 Å². The number of hydrogen-bond acceptors (Lipinski definition) is 4. The lowest BCUT2D eigenvalue weighted by Crippen LogP contribution is -2.08. The summed E-state index contributed by atoms with van der Waals surface area (Å²) in [5.41, 5.74) is -1.02. The number of nitriles is 1. The molecule has 90 valence electrons. The molecule has 0 amide bonds. The van der Waals surface area contributed by atoms with Crippen LogP contribution in [-0.4, -0.2) is 19.7 Å². The summed E-state index contributed by atoms with van der Waals surface area (Å²) in [6.07, 6.45) is 0. The molecule has 0 aromatic heterocycles. The molecule has 0 N–H and O–H groups in total. The van der Waals surface area contributed by atoms with Gasteiger partial charge in [-0.15, -0.1) is 0 Å². The van der Waals surface area contributed by atoms with Gasteiger partial charge in [0.2, 0.25) is 0 Å². The molecule has 4 nitrogen and oxygen atoms in total. The third-order valence-electron chi connectivity index (χ3n) is 1.80. The van der Waals surface area contributed by atoms with Gasteiger partial charge in [0.05, 0.1) is 12.7 Å². The van der Waals surface area contributed by atoms with Crippen molar-refractivity contribution in [2.75, 3.05) is 7.11 Å². The van der Waals surface area contributed by atoms with Gasteiger partial charge in [0.1, 0.15) is 23.2 Å². The number of carbonyl (C=O) groups is 1. The maximum absolute atomic E-state index is 13.3. The van der Waals surface area contributed by atoms with Crippen molar-refractivity contribution >= 4 is 5.97 Å².